The van der Waals surface area contributed by atoms with E-state index in [1.165, 1.54) is 12.1 Å². The Morgan fingerprint density at radius 1 is 1.10 bits per heavy atom. The van der Waals surface area contributed by atoms with Crippen molar-refractivity contribution in [1.82, 2.24) is 15.1 Å². The zero-order chi connectivity index (χ0) is 19.6. The number of nitrogens with one attached hydrogen (secondary N) is 1. The number of ether oxygens (including phenoxy) is 1. The lowest BCUT2D eigenvalue weighted by Crippen LogP contribution is -2.52. The summed E-state index contributed by atoms with van der Waals surface area (Å²) in [7, 11) is 0. The maximum atomic E-state index is 6.14. The van der Waals surface area contributed by atoms with Crippen LogP contribution < -0.4 is 10.2 Å². The zero-order valence-electron chi connectivity index (χ0n) is 17.5. The number of morpholine rings is 1. The van der Waals surface area contributed by atoms with Crippen molar-refractivity contribution < 1.29 is 4.74 Å². The first-order valence-corrected chi connectivity index (χ1v) is 11.0. The van der Waals surface area contributed by atoms with E-state index in [4.69, 9.17) is 21.3 Å². The van der Waals surface area contributed by atoms with Crippen LogP contribution >= 0.6 is 35.6 Å². The van der Waals surface area contributed by atoms with Crippen LogP contribution in [0, 0.1) is 0 Å². The lowest BCUT2D eigenvalue weighted by Gasteiger charge is -2.37. The summed E-state index contributed by atoms with van der Waals surface area (Å²) in [5.41, 5.74) is 1.21. The van der Waals surface area contributed by atoms with Crippen molar-refractivity contribution >= 4 is 47.2 Å². The minimum Gasteiger partial charge on any atom is -0.379 e. The van der Waals surface area contributed by atoms with Gasteiger partial charge in [-0.05, 0) is 44.5 Å². The number of aliphatic imine (C=N–C) groups is 1. The molecule has 8 heteroatoms. The van der Waals surface area contributed by atoms with Crippen molar-refractivity contribution in [2.45, 2.75) is 19.8 Å². The van der Waals surface area contributed by atoms with Gasteiger partial charge in [-0.3, -0.25) is 9.89 Å². The number of benzene rings is 1. The molecule has 2 saturated heterocycles. The third kappa shape index (κ3) is 8.11. The van der Waals surface area contributed by atoms with Gasteiger partial charge in [0.05, 0.1) is 13.2 Å². The molecule has 6 nitrogen and oxygen atoms in total. The predicted molar refractivity (Wildman–Crippen MR) is 133 cm³/mol. The molecule has 3 rings (SSSR count). The summed E-state index contributed by atoms with van der Waals surface area (Å²) in [5.74, 6) is 1.06. The molecule has 0 aromatic heterocycles. The highest BCUT2D eigenvalue weighted by Crippen LogP contribution is 2.20. The Morgan fingerprint density at radius 2 is 1.86 bits per heavy atom. The number of piperazine rings is 1. The monoisotopic (exact) mass is 535 g/mol. The van der Waals surface area contributed by atoms with Crippen molar-refractivity contribution in [3.8, 4) is 0 Å². The Morgan fingerprint density at radius 3 is 2.55 bits per heavy atom. The zero-order valence-corrected chi connectivity index (χ0v) is 20.6. The highest BCUT2D eigenvalue weighted by atomic mass is 127. The standard InChI is InChI=1S/C21H34ClN5O.HI/c1-2-23-21(24-8-3-4-9-25-14-16-28-17-15-25)27-12-10-26(11-13-27)20-7-5-6-19(22)18-20;/h5-7,18H,2-4,8-17H2,1H3,(H,23,24);1H. The van der Waals surface area contributed by atoms with Crippen LogP contribution in [0.1, 0.15) is 19.8 Å². The summed E-state index contributed by atoms with van der Waals surface area (Å²) in [6.45, 7) is 12.9. The lowest BCUT2D eigenvalue weighted by atomic mass is 10.2. The van der Waals surface area contributed by atoms with Gasteiger partial charge in [0.25, 0.3) is 0 Å². The maximum Gasteiger partial charge on any atom is 0.194 e. The quantitative estimate of drug-likeness (QED) is 0.252. The summed E-state index contributed by atoms with van der Waals surface area (Å²) in [6.07, 6.45) is 2.33. The van der Waals surface area contributed by atoms with Gasteiger partial charge in [-0.2, -0.15) is 0 Å². The molecule has 1 N–H and O–H groups in total. The molecule has 29 heavy (non-hydrogen) atoms. The second-order valence-corrected chi connectivity index (χ2v) is 7.79. The van der Waals surface area contributed by atoms with Gasteiger partial charge in [0.1, 0.15) is 0 Å². The van der Waals surface area contributed by atoms with Crippen LogP contribution in [0.25, 0.3) is 0 Å². The minimum absolute atomic E-state index is 0. The molecule has 1 aromatic rings. The van der Waals surface area contributed by atoms with Crippen LogP contribution in [0.5, 0.6) is 0 Å². The Kier molecular flexibility index (Phi) is 11.4. The molecule has 2 heterocycles. The number of anilines is 1. The molecule has 0 bridgehead atoms. The molecule has 0 atom stereocenters. The smallest absolute Gasteiger partial charge is 0.194 e. The summed E-state index contributed by atoms with van der Waals surface area (Å²) in [6, 6.07) is 8.13. The molecule has 0 unspecified atom stereocenters. The van der Waals surface area contributed by atoms with Gasteiger partial charge in [0.15, 0.2) is 5.96 Å². The number of rotatable bonds is 7. The summed E-state index contributed by atoms with van der Waals surface area (Å²) >= 11 is 6.14. The van der Waals surface area contributed by atoms with E-state index < -0.39 is 0 Å². The number of hydrogen-bond donors (Lipinski definition) is 1. The van der Waals surface area contributed by atoms with E-state index in [1.54, 1.807) is 0 Å². The predicted octanol–water partition coefficient (Wildman–Crippen LogP) is 3.16. The van der Waals surface area contributed by atoms with Crippen molar-refractivity contribution in [2.75, 3.05) is 77.0 Å². The van der Waals surface area contributed by atoms with E-state index in [0.29, 0.717) is 0 Å². The second-order valence-electron chi connectivity index (χ2n) is 7.35. The molecule has 0 radical (unpaired) electrons. The van der Waals surface area contributed by atoms with E-state index in [0.717, 1.165) is 89.5 Å². The average molecular weight is 536 g/mol. The van der Waals surface area contributed by atoms with E-state index in [-0.39, 0.29) is 24.0 Å². The fourth-order valence-corrected chi connectivity index (χ4v) is 3.92. The average Bonchev–Trinajstić information content (AvgIpc) is 2.74. The highest BCUT2D eigenvalue weighted by Gasteiger charge is 2.20. The molecule has 2 aliphatic rings. The first kappa shape index (κ1) is 24.5. The molecule has 164 valence electrons. The first-order valence-electron chi connectivity index (χ1n) is 10.6. The third-order valence-electron chi connectivity index (χ3n) is 5.34. The topological polar surface area (TPSA) is 43.3 Å². The first-order chi connectivity index (χ1) is 13.8. The number of halogens is 2. The molecule has 0 saturated carbocycles. The maximum absolute atomic E-state index is 6.14. The Bertz CT molecular complexity index is 619. The van der Waals surface area contributed by atoms with Gasteiger partial charge >= 0.3 is 0 Å². The SMILES string of the molecule is CCNC(=NCCCCN1CCOCC1)N1CCN(c2cccc(Cl)c2)CC1.I. The molecule has 2 fully saturated rings. The minimum atomic E-state index is 0. The van der Waals surface area contributed by atoms with Gasteiger partial charge in [0.2, 0.25) is 0 Å². The number of nitrogens with zero attached hydrogens (tertiary/aromatic N) is 4. The molecule has 0 aliphatic carbocycles. The Hall–Kier alpha value is -0.770. The van der Waals surface area contributed by atoms with Gasteiger partial charge in [-0.15, -0.1) is 24.0 Å². The van der Waals surface area contributed by atoms with Crippen LogP contribution in [0.2, 0.25) is 5.02 Å². The molecular formula is C21H35ClIN5O. The fourth-order valence-electron chi connectivity index (χ4n) is 3.73. The van der Waals surface area contributed by atoms with E-state index in [9.17, 15) is 0 Å². The molecule has 2 aliphatic heterocycles. The normalized spacial score (nSPS) is 18.5. The van der Waals surface area contributed by atoms with Gasteiger partial charge in [0, 0.05) is 63.1 Å². The van der Waals surface area contributed by atoms with Gasteiger partial charge in [-0.25, -0.2) is 0 Å². The van der Waals surface area contributed by atoms with Crippen LogP contribution in [-0.2, 0) is 4.74 Å². The van der Waals surface area contributed by atoms with Crippen molar-refractivity contribution in [1.29, 1.82) is 0 Å². The number of unbranched alkanes of at least 4 members (excludes halogenated alkanes) is 1. The van der Waals surface area contributed by atoms with Gasteiger partial charge < -0.3 is 19.9 Å². The molecule has 1 aromatic carbocycles. The van der Waals surface area contributed by atoms with E-state index in [1.807, 2.05) is 18.2 Å². The third-order valence-corrected chi connectivity index (χ3v) is 5.57. The lowest BCUT2D eigenvalue weighted by molar-refractivity contribution is 0.0373. The Balaban J connectivity index is 0.00000300. The molecule has 0 amide bonds. The van der Waals surface area contributed by atoms with Crippen molar-refractivity contribution in [2.24, 2.45) is 4.99 Å². The summed E-state index contributed by atoms with van der Waals surface area (Å²) in [5, 5.41) is 4.26. The molecular weight excluding hydrogens is 501 g/mol. The molecule has 0 spiro atoms. The summed E-state index contributed by atoms with van der Waals surface area (Å²) in [4.78, 5) is 12.2. The number of hydrogen-bond acceptors (Lipinski definition) is 4. The van der Waals surface area contributed by atoms with Crippen molar-refractivity contribution in [3.63, 3.8) is 0 Å². The van der Waals surface area contributed by atoms with Gasteiger partial charge in [-0.1, -0.05) is 17.7 Å². The highest BCUT2D eigenvalue weighted by molar-refractivity contribution is 14.0. The number of guanidine groups is 1. The van der Waals surface area contributed by atoms with Crippen molar-refractivity contribution in [3.05, 3.63) is 29.3 Å². The van der Waals surface area contributed by atoms with Crippen LogP contribution in [-0.4, -0.2) is 87.9 Å². The van der Waals surface area contributed by atoms with E-state index in [2.05, 4.69) is 33.0 Å². The van der Waals surface area contributed by atoms with Crippen LogP contribution in [0.15, 0.2) is 29.3 Å². The fraction of sp³-hybridized carbons (Fsp3) is 0.667. The largest absolute Gasteiger partial charge is 0.379 e. The van der Waals surface area contributed by atoms with Crippen LogP contribution in [0.4, 0.5) is 5.69 Å². The van der Waals surface area contributed by atoms with E-state index >= 15 is 0 Å². The Labute approximate surface area is 197 Å². The van der Waals surface area contributed by atoms with Crippen LogP contribution in [0.3, 0.4) is 0 Å². The second kappa shape index (κ2) is 13.5. The summed E-state index contributed by atoms with van der Waals surface area (Å²) < 4.78 is 5.41.